The molecule has 2 aromatic rings. The molecule has 9 nitrogen and oxygen atoms in total. The summed E-state index contributed by atoms with van der Waals surface area (Å²) in [6.07, 6.45) is 1.91. The van der Waals surface area contributed by atoms with Gasteiger partial charge in [-0.2, -0.15) is 13.2 Å². The zero-order chi connectivity index (χ0) is 31.8. The highest BCUT2D eigenvalue weighted by molar-refractivity contribution is 5.93. The van der Waals surface area contributed by atoms with Crippen LogP contribution in [-0.4, -0.2) is 91.9 Å². The molecule has 4 heterocycles. The van der Waals surface area contributed by atoms with Crippen molar-refractivity contribution in [3.8, 4) is 5.75 Å². The molecule has 12 heteroatoms. The molecule has 4 aliphatic rings. The van der Waals surface area contributed by atoms with E-state index < -0.39 is 17.2 Å². The van der Waals surface area contributed by atoms with Crippen molar-refractivity contribution in [1.29, 1.82) is 0 Å². The first-order chi connectivity index (χ1) is 21.6. The van der Waals surface area contributed by atoms with Crippen molar-refractivity contribution in [1.82, 2.24) is 20.1 Å². The van der Waals surface area contributed by atoms with Crippen LogP contribution in [0, 0.1) is 11.3 Å². The van der Waals surface area contributed by atoms with E-state index in [0.29, 0.717) is 62.6 Å². The summed E-state index contributed by atoms with van der Waals surface area (Å²) in [6.45, 7) is 2.23. The van der Waals surface area contributed by atoms with Crippen molar-refractivity contribution < 1.29 is 37.0 Å². The first-order valence-electron chi connectivity index (χ1n) is 15.4. The highest BCUT2D eigenvalue weighted by Crippen LogP contribution is 2.51. The van der Waals surface area contributed by atoms with Gasteiger partial charge in [0, 0.05) is 76.4 Å². The Morgan fingerprint density at radius 1 is 1.20 bits per heavy atom. The largest absolute Gasteiger partial charge is 0.497 e. The molecule has 1 aliphatic carbocycles. The minimum atomic E-state index is -4.52. The standard InChI is InChI=1S/C33H39F3N4O5/c1-43-26-5-3-4-21(12-26)6-7-30(41)40-18-24-14-25(38-28-9-11-45-19-29(28)44-2)15-32(24,20-40)31(42)39-10-8-27-22(17-39)13-23(16-37-27)33(34,35)36/h3-7,12-13,16,24-25,28-29,38H,8-11,14-15,17-20H2,1-2H3/b7-6+/t24-,25+,28?,29?,32-/m0/s1. The summed E-state index contributed by atoms with van der Waals surface area (Å²) in [6, 6.07) is 8.61. The van der Waals surface area contributed by atoms with Crippen LogP contribution in [0.2, 0.25) is 0 Å². The van der Waals surface area contributed by atoms with Crippen LogP contribution in [0.1, 0.15) is 41.6 Å². The Balaban J connectivity index is 1.23. The second-order valence-corrected chi connectivity index (χ2v) is 12.5. The lowest BCUT2D eigenvalue weighted by Gasteiger charge is -2.37. The van der Waals surface area contributed by atoms with Crippen molar-refractivity contribution in [2.75, 3.05) is 47.1 Å². The molecule has 1 aromatic carbocycles. The molecule has 2 saturated heterocycles. The van der Waals surface area contributed by atoms with Crippen LogP contribution in [0.4, 0.5) is 13.2 Å². The van der Waals surface area contributed by atoms with Crippen molar-refractivity contribution >= 4 is 17.9 Å². The number of fused-ring (bicyclic) bond motifs is 2. The van der Waals surface area contributed by atoms with Crippen LogP contribution in [0.5, 0.6) is 5.75 Å². The summed E-state index contributed by atoms with van der Waals surface area (Å²) in [5.41, 5.74) is 0.157. The quantitative estimate of drug-likeness (QED) is 0.468. The third-order valence-corrected chi connectivity index (χ3v) is 9.84. The zero-order valence-electron chi connectivity index (χ0n) is 25.5. The van der Waals surface area contributed by atoms with E-state index in [1.807, 2.05) is 24.3 Å². The highest BCUT2D eigenvalue weighted by Gasteiger charge is 2.59. The first-order valence-corrected chi connectivity index (χ1v) is 15.4. The number of hydrogen-bond acceptors (Lipinski definition) is 7. The number of nitrogens with zero attached hydrogens (tertiary/aromatic N) is 3. The maximum atomic E-state index is 14.5. The second-order valence-electron chi connectivity index (χ2n) is 12.5. The average molecular weight is 629 g/mol. The van der Waals surface area contributed by atoms with Gasteiger partial charge in [-0.3, -0.25) is 14.6 Å². The minimum Gasteiger partial charge on any atom is -0.497 e. The highest BCUT2D eigenvalue weighted by atomic mass is 19.4. The normalized spacial score (nSPS) is 28.3. The SMILES string of the molecule is COc1cccc(/C=C/C(=O)N2C[C@@H]3C[C@@H](NC4CCOCC4OC)C[C@]3(C(=O)N3CCc4ncc(C(F)(F)F)cc4C3)C2)c1. The van der Waals surface area contributed by atoms with Crippen LogP contribution >= 0.6 is 0 Å². The Morgan fingerprint density at radius 3 is 2.82 bits per heavy atom. The number of carbonyl (C=O) groups is 2. The van der Waals surface area contributed by atoms with Crippen molar-refractivity contribution in [2.45, 2.75) is 56.6 Å². The number of alkyl halides is 3. The molecule has 0 spiro atoms. The number of carbonyl (C=O) groups excluding carboxylic acids is 2. The number of ether oxygens (including phenoxy) is 3. The molecule has 45 heavy (non-hydrogen) atoms. The van der Waals surface area contributed by atoms with E-state index >= 15 is 0 Å². The summed E-state index contributed by atoms with van der Waals surface area (Å²) in [7, 11) is 3.25. The van der Waals surface area contributed by atoms with Gasteiger partial charge >= 0.3 is 6.18 Å². The lowest BCUT2D eigenvalue weighted by atomic mass is 9.78. The van der Waals surface area contributed by atoms with Crippen molar-refractivity contribution in [3.63, 3.8) is 0 Å². The van der Waals surface area contributed by atoms with Gasteiger partial charge in [-0.25, -0.2) is 0 Å². The van der Waals surface area contributed by atoms with Crippen LogP contribution in [-0.2, 0) is 38.2 Å². The fourth-order valence-corrected chi connectivity index (χ4v) is 7.52. The number of pyridine rings is 1. The Morgan fingerprint density at radius 2 is 2.04 bits per heavy atom. The molecule has 1 aromatic heterocycles. The second kappa shape index (κ2) is 12.7. The van der Waals surface area contributed by atoms with Crippen molar-refractivity contribution in [2.24, 2.45) is 11.3 Å². The van der Waals surface area contributed by atoms with Gasteiger partial charge in [-0.1, -0.05) is 12.1 Å². The summed E-state index contributed by atoms with van der Waals surface area (Å²) in [4.78, 5) is 35.4. The monoisotopic (exact) mass is 628 g/mol. The molecule has 0 radical (unpaired) electrons. The number of halogens is 3. The van der Waals surface area contributed by atoms with Gasteiger partial charge in [-0.05, 0) is 60.6 Å². The van der Waals surface area contributed by atoms with E-state index in [1.165, 1.54) is 6.08 Å². The molecule has 1 saturated carbocycles. The lowest BCUT2D eigenvalue weighted by Crippen LogP contribution is -2.52. The molecule has 2 amide bonds. The van der Waals surface area contributed by atoms with Crippen LogP contribution in [0.25, 0.3) is 6.08 Å². The van der Waals surface area contributed by atoms with Gasteiger partial charge in [0.1, 0.15) is 5.75 Å². The lowest BCUT2D eigenvalue weighted by molar-refractivity contribution is -0.144. The van der Waals surface area contributed by atoms with E-state index in [9.17, 15) is 22.8 Å². The van der Waals surface area contributed by atoms with Gasteiger partial charge in [0.05, 0.1) is 30.8 Å². The molecule has 2 unspecified atom stereocenters. The molecule has 5 atom stereocenters. The number of rotatable bonds is 7. The van der Waals surface area contributed by atoms with E-state index in [0.717, 1.165) is 24.2 Å². The molecule has 0 bridgehead atoms. The van der Waals surface area contributed by atoms with Gasteiger partial charge in [0.2, 0.25) is 11.8 Å². The molecule has 3 fully saturated rings. The predicted octanol–water partition coefficient (Wildman–Crippen LogP) is 3.71. The molecular weight excluding hydrogens is 589 g/mol. The van der Waals surface area contributed by atoms with E-state index in [2.05, 4.69) is 10.3 Å². The van der Waals surface area contributed by atoms with E-state index in [-0.39, 0.29) is 49.0 Å². The fraction of sp³-hybridized carbons (Fsp3) is 0.545. The summed E-state index contributed by atoms with van der Waals surface area (Å²) < 4.78 is 56.9. The maximum Gasteiger partial charge on any atom is 0.417 e. The van der Waals surface area contributed by atoms with Gasteiger partial charge in [0.25, 0.3) is 0 Å². The number of nitrogens with one attached hydrogen (secondary N) is 1. The van der Waals surface area contributed by atoms with Gasteiger partial charge in [-0.15, -0.1) is 0 Å². The van der Waals surface area contributed by atoms with E-state index in [4.69, 9.17) is 14.2 Å². The third kappa shape index (κ3) is 6.45. The Hall–Kier alpha value is -3.48. The summed E-state index contributed by atoms with van der Waals surface area (Å²) >= 11 is 0. The number of benzene rings is 1. The maximum absolute atomic E-state index is 14.5. The van der Waals surface area contributed by atoms with Crippen LogP contribution in [0.15, 0.2) is 42.6 Å². The zero-order valence-corrected chi connectivity index (χ0v) is 25.5. The predicted molar refractivity (Wildman–Crippen MR) is 159 cm³/mol. The molecule has 3 aliphatic heterocycles. The fourth-order valence-electron chi connectivity index (χ4n) is 7.52. The third-order valence-electron chi connectivity index (χ3n) is 9.84. The first kappa shape index (κ1) is 31.5. The van der Waals surface area contributed by atoms with Gasteiger partial charge < -0.3 is 29.3 Å². The number of amides is 2. The number of methoxy groups -OCH3 is 2. The molecule has 242 valence electrons. The smallest absolute Gasteiger partial charge is 0.417 e. The average Bonchev–Trinajstić information content (AvgIpc) is 3.57. The van der Waals surface area contributed by atoms with Gasteiger partial charge in [0.15, 0.2) is 0 Å². The summed E-state index contributed by atoms with van der Waals surface area (Å²) in [5, 5.41) is 3.73. The number of likely N-dealkylation sites (tertiary alicyclic amines) is 1. The van der Waals surface area contributed by atoms with Crippen LogP contribution < -0.4 is 10.1 Å². The summed E-state index contributed by atoms with van der Waals surface area (Å²) in [5.74, 6) is 0.292. The number of aromatic nitrogens is 1. The van der Waals surface area contributed by atoms with Crippen molar-refractivity contribution in [3.05, 3.63) is 65.0 Å². The Bertz CT molecular complexity index is 1450. The number of hydrogen-bond donors (Lipinski definition) is 1. The van der Waals surface area contributed by atoms with Crippen LogP contribution in [0.3, 0.4) is 0 Å². The molecular formula is C33H39F3N4O5. The topological polar surface area (TPSA) is 93.2 Å². The molecule has 1 N–H and O–H groups in total. The Kier molecular flexibility index (Phi) is 8.91. The minimum absolute atomic E-state index is 0.0276. The Labute approximate surface area is 260 Å². The molecule has 6 rings (SSSR count). The van der Waals surface area contributed by atoms with E-state index in [1.54, 1.807) is 30.1 Å².